The molecule has 1 fully saturated rings. The van der Waals surface area contributed by atoms with E-state index in [0.717, 1.165) is 22.3 Å². The van der Waals surface area contributed by atoms with Crippen LogP contribution in [0, 0.1) is 25.2 Å². The number of nitrogens with one attached hydrogen (secondary N) is 1. The van der Waals surface area contributed by atoms with Gasteiger partial charge in [-0.05, 0) is 56.8 Å². The van der Waals surface area contributed by atoms with Crippen LogP contribution in [0.3, 0.4) is 0 Å². The Morgan fingerprint density at radius 2 is 1.76 bits per heavy atom. The Morgan fingerprint density at radius 3 is 2.44 bits per heavy atom. The standard InChI is InChI=1S/C39H41F3N4O8/c1-20-13-23-14-25-27(16-43)46-26(32(45(25)3)30(23)36(33(20)50-5)51-18-49-4)15-24-31(28(46)17-44-29(47)12-11-22-9-7-6-8-10-22)37-35(52-19-53-37)21(2)34(24)54-38(48)39(40,41)42/h6-10,13,25-28,32H,11-12,14-15,17-19H2,1-5H3,(H,44,47)/t25-,26?,27-,28-,32+/m0/s1. The van der Waals surface area contributed by atoms with Gasteiger partial charge in [-0.2, -0.15) is 18.4 Å². The number of methoxy groups -OCH3 is 2. The maximum atomic E-state index is 13.8. The molecule has 1 saturated heterocycles. The largest absolute Gasteiger partial charge is 0.493 e. The summed E-state index contributed by atoms with van der Waals surface area (Å²) >= 11 is 0. The summed E-state index contributed by atoms with van der Waals surface area (Å²) in [6.07, 6.45) is -4.10. The molecule has 15 heteroatoms. The first-order valence-corrected chi connectivity index (χ1v) is 17.6. The van der Waals surface area contributed by atoms with Gasteiger partial charge in [0.05, 0.1) is 25.3 Å². The molecule has 286 valence electrons. The van der Waals surface area contributed by atoms with Gasteiger partial charge in [-0.15, -0.1) is 0 Å². The molecule has 0 spiro atoms. The minimum atomic E-state index is -5.28. The van der Waals surface area contributed by atoms with E-state index in [1.165, 1.54) is 14.0 Å². The average Bonchev–Trinajstić information content (AvgIpc) is 3.64. The van der Waals surface area contributed by atoms with E-state index in [0.29, 0.717) is 35.5 Å². The van der Waals surface area contributed by atoms with E-state index in [2.05, 4.69) is 16.3 Å². The fourth-order valence-corrected chi connectivity index (χ4v) is 8.76. The molecular formula is C39H41F3N4O8. The van der Waals surface area contributed by atoms with Crippen LogP contribution in [0.5, 0.6) is 28.7 Å². The number of amides is 1. The number of nitriles is 1. The molecule has 5 atom stereocenters. The molecule has 3 aromatic rings. The number of hydrogen-bond donors (Lipinski definition) is 1. The molecule has 0 saturated carbocycles. The van der Waals surface area contributed by atoms with E-state index < -0.39 is 36.3 Å². The molecule has 3 aromatic carbocycles. The Bertz CT molecular complexity index is 2000. The van der Waals surface area contributed by atoms with Crippen LogP contribution in [0.2, 0.25) is 0 Å². The minimum absolute atomic E-state index is 0.0267. The highest BCUT2D eigenvalue weighted by molar-refractivity contribution is 5.80. The summed E-state index contributed by atoms with van der Waals surface area (Å²) < 4.78 is 75.7. The second-order valence-electron chi connectivity index (χ2n) is 14.0. The summed E-state index contributed by atoms with van der Waals surface area (Å²) in [5, 5.41) is 14.0. The van der Waals surface area contributed by atoms with Crippen LogP contribution in [0.25, 0.3) is 0 Å². The number of aryl methyl sites for hydroxylation is 2. The van der Waals surface area contributed by atoms with Gasteiger partial charge in [-0.3, -0.25) is 14.6 Å². The molecule has 4 aliphatic heterocycles. The van der Waals surface area contributed by atoms with Crippen LogP contribution in [0.15, 0.2) is 36.4 Å². The Balaban J connectivity index is 1.40. The first-order valence-electron chi connectivity index (χ1n) is 17.6. The number of ether oxygens (including phenoxy) is 6. The zero-order chi connectivity index (χ0) is 38.5. The molecule has 2 bridgehead atoms. The number of hydrogen-bond acceptors (Lipinski definition) is 11. The number of alkyl halides is 3. The van der Waals surface area contributed by atoms with Crippen molar-refractivity contribution in [2.75, 3.05) is 41.4 Å². The molecule has 4 aliphatic rings. The van der Waals surface area contributed by atoms with Gasteiger partial charge >= 0.3 is 12.1 Å². The number of fused-ring (bicyclic) bond motifs is 9. The molecule has 12 nitrogen and oxygen atoms in total. The van der Waals surface area contributed by atoms with Crippen molar-refractivity contribution >= 4 is 11.9 Å². The van der Waals surface area contributed by atoms with Crippen molar-refractivity contribution < 1.29 is 51.2 Å². The second kappa shape index (κ2) is 14.7. The number of benzene rings is 3. The highest BCUT2D eigenvalue weighted by atomic mass is 19.4. The first kappa shape index (κ1) is 37.3. The topological polar surface area (TPSA) is 132 Å². The van der Waals surface area contributed by atoms with E-state index in [-0.39, 0.29) is 67.7 Å². The van der Waals surface area contributed by atoms with E-state index in [9.17, 15) is 28.0 Å². The van der Waals surface area contributed by atoms with Crippen LogP contribution in [0.4, 0.5) is 13.2 Å². The molecular weight excluding hydrogens is 709 g/mol. The molecule has 0 aliphatic carbocycles. The molecule has 1 N–H and O–H groups in total. The number of piperazine rings is 1. The molecule has 54 heavy (non-hydrogen) atoms. The van der Waals surface area contributed by atoms with Crippen LogP contribution in [-0.2, 0) is 33.6 Å². The average molecular weight is 751 g/mol. The molecule has 0 aromatic heterocycles. The van der Waals surface area contributed by atoms with E-state index in [1.54, 1.807) is 7.11 Å². The third-order valence-corrected chi connectivity index (χ3v) is 11.0. The Hall–Kier alpha value is -5.04. The zero-order valence-electron chi connectivity index (χ0n) is 30.5. The lowest BCUT2D eigenvalue weighted by Crippen LogP contribution is -2.68. The predicted octanol–water partition coefficient (Wildman–Crippen LogP) is 5.01. The van der Waals surface area contributed by atoms with Gasteiger partial charge in [-0.1, -0.05) is 36.4 Å². The maximum Gasteiger partial charge on any atom is 0.491 e. The Kier molecular flexibility index (Phi) is 10.1. The zero-order valence-corrected chi connectivity index (χ0v) is 30.5. The Morgan fingerprint density at radius 1 is 1.02 bits per heavy atom. The summed E-state index contributed by atoms with van der Waals surface area (Å²) in [5.74, 6) is -1.54. The van der Waals surface area contributed by atoms with E-state index in [4.69, 9.17) is 28.4 Å². The van der Waals surface area contributed by atoms with Crippen molar-refractivity contribution in [2.24, 2.45) is 0 Å². The number of carbonyl (C=O) groups excluding carboxylic acids is 2. The van der Waals surface area contributed by atoms with Crippen molar-refractivity contribution in [3.63, 3.8) is 0 Å². The first-order chi connectivity index (χ1) is 25.9. The summed E-state index contributed by atoms with van der Waals surface area (Å²) in [6, 6.07) is 11.1. The number of halogens is 3. The van der Waals surface area contributed by atoms with Crippen LogP contribution >= 0.6 is 0 Å². The van der Waals surface area contributed by atoms with Crippen molar-refractivity contribution in [1.29, 1.82) is 5.26 Å². The van der Waals surface area contributed by atoms with Gasteiger partial charge in [0.15, 0.2) is 29.8 Å². The van der Waals surface area contributed by atoms with Gasteiger partial charge in [0.1, 0.15) is 11.8 Å². The third-order valence-electron chi connectivity index (χ3n) is 11.0. The van der Waals surface area contributed by atoms with E-state index in [1.807, 2.05) is 55.3 Å². The summed E-state index contributed by atoms with van der Waals surface area (Å²) in [7, 11) is 4.96. The van der Waals surface area contributed by atoms with Gasteiger partial charge in [0.25, 0.3) is 0 Å². The fourth-order valence-electron chi connectivity index (χ4n) is 8.76. The monoisotopic (exact) mass is 750 g/mol. The number of esters is 1. The summed E-state index contributed by atoms with van der Waals surface area (Å²) in [6.45, 7) is 3.09. The smallest absolute Gasteiger partial charge is 0.491 e. The molecule has 1 unspecified atom stereocenters. The van der Waals surface area contributed by atoms with Crippen LogP contribution in [0.1, 0.15) is 57.4 Å². The number of nitrogens with zero attached hydrogens (tertiary/aromatic N) is 3. The lowest BCUT2D eigenvalue weighted by molar-refractivity contribution is -0.189. The van der Waals surface area contributed by atoms with Gasteiger partial charge < -0.3 is 33.7 Å². The molecule has 4 heterocycles. The lowest BCUT2D eigenvalue weighted by Gasteiger charge is -2.60. The maximum absolute atomic E-state index is 13.8. The number of carbonyl (C=O) groups is 2. The lowest BCUT2D eigenvalue weighted by atomic mass is 9.71. The molecule has 0 radical (unpaired) electrons. The predicted molar refractivity (Wildman–Crippen MR) is 186 cm³/mol. The SMILES string of the molecule is COCOc1c(OC)c(C)cc2c1[C@H]1C3Cc4c(OC(=O)C(F)(F)F)c(C)c5c(c4[C@H](CNC(=O)CCc4ccccc4)N3[C@@H](C#N)[C@H](C2)N1C)OCO5. The van der Waals surface area contributed by atoms with Crippen molar-refractivity contribution in [1.82, 2.24) is 15.1 Å². The van der Waals surface area contributed by atoms with E-state index >= 15 is 0 Å². The van der Waals surface area contributed by atoms with Gasteiger partial charge in [0.2, 0.25) is 12.7 Å². The summed E-state index contributed by atoms with van der Waals surface area (Å²) in [5.41, 5.74) is 4.41. The third kappa shape index (κ3) is 6.35. The fraction of sp³-hybridized carbons (Fsp3) is 0.462. The van der Waals surface area contributed by atoms with Gasteiger partial charge in [-0.25, -0.2) is 4.79 Å². The second-order valence-corrected chi connectivity index (χ2v) is 14.0. The van der Waals surface area contributed by atoms with Crippen LogP contribution < -0.4 is 29.0 Å². The summed E-state index contributed by atoms with van der Waals surface area (Å²) in [4.78, 5) is 30.1. The number of likely N-dealkylation sites (N-methyl/N-ethyl adjacent to an activating group) is 1. The van der Waals surface area contributed by atoms with Crippen molar-refractivity contribution in [3.8, 4) is 34.8 Å². The highest BCUT2D eigenvalue weighted by Crippen LogP contribution is 2.58. The number of rotatable bonds is 10. The van der Waals surface area contributed by atoms with Gasteiger partial charge in [0, 0.05) is 54.4 Å². The molecule has 7 rings (SSSR count). The molecule has 1 amide bonds. The van der Waals surface area contributed by atoms with Crippen molar-refractivity contribution in [2.45, 2.75) is 75.9 Å². The van der Waals surface area contributed by atoms with Crippen LogP contribution in [-0.4, -0.2) is 87.4 Å². The van der Waals surface area contributed by atoms with Crippen molar-refractivity contribution in [3.05, 3.63) is 75.3 Å². The highest BCUT2D eigenvalue weighted by Gasteiger charge is 2.57. The minimum Gasteiger partial charge on any atom is -0.493 e. The normalized spacial score (nSPS) is 22.7. The quantitative estimate of drug-likeness (QED) is 0.171. The Labute approximate surface area is 310 Å².